The van der Waals surface area contributed by atoms with Crippen LogP contribution in [-0.2, 0) is 19.1 Å². The van der Waals surface area contributed by atoms with E-state index in [1.54, 1.807) is 0 Å². The van der Waals surface area contributed by atoms with Gasteiger partial charge in [0.25, 0.3) is 0 Å². The van der Waals surface area contributed by atoms with Crippen LogP contribution in [0.25, 0.3) is 0 Å². The number of hydrogen-bond acceptors (Lipinski definition) is 7. The van der Waals surface area contributed by atoms with Gasteiger partial charge in [0.05, 0.1) is 24.2 Å². The summed E-state index contributed by atoms with van der Waals surface area (Å²) in [5.74, 6) is -0.493. The van der Waals surface area contributed by atoms with Crippen molar-refractivity contribution in [3.8, 4) is 0 Å². The van der Waals surface area contributed by atoms with Crippen LogP contribution in [0.4, 0.5) is 0 Å². The van der Waals surface area contributed by atoms with E-state index in [9.17, 15) is 24.9 Å². The van der Waals surface area contributed by atoms with Gasteiger partial charge in [0.1, 0.15) is 12.2 Å². The first kappa shape index (κ1) is 33.7. The van der Waals surface area contributed by atoms with Crippen LogP contribution in [0.15, 0.2) is 23.3 Å². The maximum absolute atomic E-state index is 13.0. The molecule has 5 aliphatic carbocycles. The molecule has 0 radical (unpaired) electrons. The smallest absolute Gasteiger partial charge is 0.331 e. The van der Waals surface area contributed by atoms with Crippen LogP contribution in [-0.4, -0.2) is 58.3 Å². The number of allylic oxidation sites excluding steroid dienone is 3. The second kappa shape index (κ2) is 10.7. The number of rotatable bonds is 4. The lowest BCUT2D eigenvalue weighted by molar-refractivity contribution is -0.265. The predicted octanol–water partition coefficient (Wildman–Crippen LogP) is 6.14. The van der Waals surface area contributed by atoms with Crippen molar-refractivity contribution in [2.24, 2.45) is 50.2 Å². The molecule has 0 heterocycles. The molecule has 0 aliphatic heterocycles. The minimum absolute atomic E-state index is 0.0631. The molecule has 0 aromatic heterocycles. The third kappa shape index (κ3) is 4.52. The van der Waals surface area contributed by atoms with E-state index in [1.165, 1.54) is 18.6 Å². The molecule has 0 unspecified atom stereocenters. The first-order valence-electron chi connectivity index (χ1n) is 16.9. The van der Waals surface area contributed by atoms with Crippen molar-refractivity contribution in [2.45, 2.75) is 139 Å². The fourth-order valence-corrected chi connectivity index (χ4v) is 11.8. The van der Waals surface area contributed by atoms with E-state index >= 15 is 0 Å². The van der Waals surface area contributed by atoms with Crippen molar-refractivity contribution in [3.63, 3.8) is 0 Å². The van der Waals surface area contributed by atoms with Crippen LogP contribution in [0, 0.1) is 50.2 Å². The Morgan fingerprint density at radius 3 is 2.14 bits per heavy atom. The maximum Gasteiger partial charge on any atom is 0.331 e. The highest BCUT2D eigenvalue weighted by atomic mass is 16.6. The highest BCUT2D eigenvalue weighted by molar-refractivity contribution is 5.83. The molecule has 11 atom stereocenters. The molecule has 3 N–H and O–H groups in total. The summed E-state index contributed by atoms with van der Waals surface area (Å²) in [6.45, 7) is 20.4. The highest BCUT2D eigenvalue weighted by Crippen LogP contribution is 2.76. The Labute approximate surface area is 264 Å². The predicted molar refractivity (Wildman–Crippen MR) is 169 cm³/mol. The minimum Gasteiger partial charge on any atom is -0.458 e. The van der Waals surface area contributed by atoms with E-state index in [4.69, 9.17) is 9.47 Å². The second-order valence-electron chi connectivity index (χ2n) is 17.5. The molecule has 0 aromatic rings. The van der Waals surface area contributed by atoms with E-state index < -0.39 is 41.1 Å². The van der Waals surface area contributed by atoms with Gasteiger partial charge >= 0.3 is 11.9 Å². The van der Waals surface area contributed by atoms with E-state index in [0.717, 1.165) is 37.7 Å². The molecule has 7 nitrogen and oxygen atoms in total. The molecule has 7 heteroatoms. The Bertz CT molecular complexity index is 1240. The summed E-state index contributed by atoms with van der Waals surface area (Å²) in [4.78, 5) is 25.6. The van der Waals surface area contributed by atoms with Gasteiger partial charge in [-0.25, -0.2) is 4.79 Å². The van der Waals surface area contributed by atoms with Gasteiger partial charge in [-0.05, 0) is 98.2 Å². The summed E-state index contributed by atoms with van der Waals surface area (Å²) in [5.41, 5.74) is -0.278. The lowest BCUT2D eigenvalue weighted by Gasteiger charge is -2.72. The number of fused-ring (bicyclic) bond motifs is 7. The van der Waals surface area contributed by atoms with Crippen molar-refractivity contribution in [1.29, 1.82) is 0 Å². The normalized spacial score (nSPS) is 47.0. The first-order chi connectivity index (χ1) is 20.2. The van der Waals surface area contributed by atoms with Gasteiger partial charge < -0.3 is 24.8 Å². The molecule has 4 saturated carbocycles. The van der Waals surface area contributed by atoms with Gasteiger partial charge in [-0.15, -0.1) is 0 Å². The minimum atomic E-state index is -1.20. The number of aliphatic hydroxyl groups excluding tert-OH is 3. The van der Waals surface area contributed by atoms with Crippen molar-refractivity contribution < 1.29 is 34.4 Å². The van der Waals surface area contributed by atoms with Gasteiger partial charge in [0, 0.05) is 18.4 Å². The van der Waals surface area contributed by atoms with Gasteiger partial charge in [-0.1, -0.05) is 65.7 Å². The largest absolute Gasteiger partial charge is 0.458 e. The number of carbonyl (C=O) groups excluding carboxylic acids is 2. The SMILES string of the molecule is CC(=O)O[C@H]1[C@H](OC(=O)C=C(C)C)C(C)(C)C[C@H]2C3=CC[C@@H]4[C@@]5(C)CC[C@@H](O)C(C)(C)[C@@H]5CC[C@@]4(C)[C@]3(C)C[C@@H](O)[C@]21CO. The summed E-state index contributed by atoms with van der Waals surface area (Å²) in [6, 6.07) is 0. The van der Waals surface area contributed by atoms with Gasteiger partial charge in [0.2, 0.25) is 0 Å². The molecular formula is C37H58O7. The zero-order valence-corrected chi connectivity index (χ0v) is 28.8. The third-order valence-corrected chi connectivity index (χ3v) is 14.3. The molecule has 0 saturated heterocycles. The summed E-state index contributed by atoms with van der Waals surface area (Å²) in [5, 5.41) is 34.7. The molecule has 44 heavy (non-hydrogen) atoms. The molecule has 0 amide bonds. The van der Waals surface area contributed by atoms with Crippen LogP contribution in [0.1, 0.15) is 114 Å². The Kier molecular flexibility index (Phi) is 8.16. The summed E-state index contributed by atoms with van der Waals surface area (Å²) in [6.07, 6.45) is 6.50. The van der Waals surface area contributed by atoms with Crippen LogP contribution in [0.5, 0.6) is 0 Å². The zero-order chi connectivity index (χ0) is 32.8. The average molecular weight is 615 g/mol. The monoisotopic (exact) mass is 614 g/mol. The number of esters is 2. The molecule has 0 bridgehead atoms. The van der Waals surface area contributed by atoms with Crippen molar-refractivity contribution >= 4 is 11.9 Å². The van der Waals surface area contributed by atoms with Gasteiger partial charge in [-0.3, -0.25) is 4.79 Å². The summed E-state index contributed by atoms with van der Waals surface area (Å²) < 4.78 is 12.1. The number of hydrogen-bond donors (Lipinski definition) is 3. The molecule has 4 fully saturated rings. The number of carbonyl (C=O) groups is 2. The Hall–Kier alpha value is -1.70. The van der Waals surface area contributed by atoms with E-state index in [1.807, 2.05) is 27.7 Å². The highest BCUT2D eigenvalue weighted by Gasteiger charge is 2.73. The van der Waals surface area contributed by atoms with Crippen LogP contribution in [0.3, 0.4) is 0 Å². The maximum atomic E-state index is 13.0. The lowest BCUT2D eigenvalue weighted by atomic mass is 9.33. The molecule has 248 valence electrons. The van der Waals surface area contributed by atoms with Gasteiger partial charge in [0.15, 0.2) is 0 Å². The van der Waals surface area contributed by atoms with Crippen molar-refractivity contribution in [2.75, 3.05) is 6.61 Å². The fraction of sp³-hybridized carbons (Fsp3) is 0.838. The molecule has 0 spiro atoms. The average Bonchev–Trinajstić information content (AvgIpc) is 2.88. The molecule has 0 aromatic carbocycles. The van der Waals surface area contributed by atoms with Gasteiger partial charge in [-0.2, -0.15) is 0 Å². The van der Waals surface area contributed by atoms with E-state index in [2.05, 4.69) is 40.7 Å². The standard InChI is InChI=1S/C37H58O7/c1-21(2)17-29(42)44-30-31(43-22(3)39)37(20-38)24(18-32(30,4)5)23-11-12-26-34(8)15-14-27(40)33(6,7)25(34)13-16-35(26,9)36(23,10)19-28(37)41/h11,17,24-28,30-31,38,40-41H,12-16,18-20H2,1-10H3/t24-,25-,26+,27+,28+,30-,31-,34-,35+,36+,37-/m0/s1. The molecule has 5 aliphatic rings. The third-order valence-electron chi connectivity index (χ3n) is 14.3. The number of aliphatic hydroxyl groups is 3. The van der Waals surface area contributed by atoms with Crippen LogP contribution >= 0.6 is 0 Å². The Balaban J connectivity index is 1.63. The Morgan fingerprint density at radius 2 is 1.55 bits per heavy atom. The quantitative estimate of drug-likeness (QED) is 0.198. The summed E-state index contributed by atoms with van der Waals surface area (Å²) >= 11 is 0. The topological polar surface area (TPSA) is 113 Å². The fourth-order valence-electron chi connectivity index (χ4n) is 11.8. The van der Waals surface area contributed by atoms with Crippen molar-refractivity contribution in [1.82, 2.24) is 0 Å². The van der Waals surface area contributed by atoms with Crippen LogP contribution in [0.2, 0.25) is 0 Å². The zero-order valence-electron chi connectivity index (χ0n) is 28.8. The Morgan fingerprint density at radius 1 is 0.886 bits per heavy atom. The summed E-state index contributed by atoms with van der Waals surface area (Å²) in [7, 11) is 0. The lowest BCUT2D eigenvalue weighted by Crippen LogP contribution is -2.72. The first-order valence-corrected chi connectivity index (χ1v) is 16.9. The van der Waals surface area contributed by atoms with E-state index in [0.29, 0.717) is 24.7 Å². The second-order valence-corrected chi connectivity index (χ2v) is 17.5. The van der Waals surface area contributed by atoms with Crippen LogP contribution < -0.4 is 0 Å². The van der Waals surface area contributed by atoms with Crippen molar-refractivity contribution in [3.05, 3.63) is 23.3 Å². The number of ether oxygens (including phenoxy) is 2. The molecule has 5 rings (SSSR count). The van der Waals surface area contributed by atoms with E-state index in [-0.39, 0.29) is 40.3 Å². The molecular weight excluding hydrogens is 556 g/mol.